The molecule has 0 spiro atoms. The van der Waals surface area contributed by atoms with Crippen LogP contribution in [0.15, 0.2) is 36.5 Å². The summed E-state index contributed by atoms with van der Waals surface area (Å²) in [5.41, 5.74) is 6.21. The number of aromatic nitrogens is 3. The lowest BCUT2D eigenvalue weighted by Gasteiger charge is -2.34. The second kappa shape index (κ2) is 8.97. The molecule has 164 valence electrons. The highest BCUT2D eigenvalue weighted by Crippen LogP contribution is 2.34. The van der Waals surface area contributed by atoms with E-state index in [4.69, 9.17) is 9.97 Å². The topological polar surface area (TPSA) is 51.3 Å². The highest BCUT2D eigenvalue weighted by atomic mass is 15.3. The molecular formula is C25H34N6. The number of benzene rings is 1. The predicted molar refractivity (Wildman–Crippen MR) is 126 cm³/mol. The molecular weight excluding hydrogens is 384 g/mol. The van der Waals surface area contributed by atoms with Crippen molar-refractivity contribution < 1.29 is 0 Å². The first-order valence-electron chi connectivity index (χ1n) is 11.8. The average Bonchev–Trinajstić information content (AvgIpc) is 3.22. The molecule has 2 aromatic heterocycles. The number of fused-ring (bicyclic) bond motifs is 2. The van der Waals surface area contributed by atoms with Gasteiger partial charge in [-0.1, -0.05) is 19.1 Å². The fraction of sp³-hybridized carbons (Fsp3) is 0.520. The van der Waals surface area contributed by atoms with E-state index in [1.54, 1.807) is 0 Å². The first-order chi connectivity index (χ1) is 15.2. The summed E-state index contributed by atoms with van der Waals surface area (Å²) >= 11 is 0. The summed E-state index contributed by atoms with van der Waals surface area (Å²) in [4.78, 5) is 21.0. The Labute approximate surface area is 185 Å². The zero-order chi connectivity index (χ0) is 21.2. The summed E-state index contributed by atoms with van der Waals surface area (Å²) in [6.45, 7) is 8.49. The molecule has 0 saturated carbocycles. The van der Waals surface area contributed by atoms with Crippen molar-refractivity contribution in [3.63, 3.8) is 0 Å². The van der Waals surface area contributed by atoms with Gasteiger partial charge in [-0.25, -0.2) is 4.98 Å². The van der Waals surface area contributed by atoms with Gasteiger partial charge in [0.05, 0.1) is 29.5 Å². The number of nitrogens with zero attached hydrogens (tertiary/aromatic N) is 5. The fourth-order valence-corrected chi connectivity index (χ4v) is 5.21. The van der Waals surface area contributed by atoms with Crippen molar-refractivity contribution in [2.24, 2.45) is 0 Å². The predicted octanol–water partition coefficient (Wildman–Crippen LogP) is 4.00. The Bertz CT molecular complexity index is 1020. The maximum Gasteiger partial charge on any atom is 0.121 e. The number of nitrogens with one attached hydrogen (secondary N) is 1. The molecule has 0 bridgehead atoms. The molecule has 1 aliphatic heterocycles. The van der Waals surface area contributed by atoms with Crippen LogP contribution in [0, 0.1) is 0 Å². The Kier molecular flexibility index (Phi) is 5.92. The summed E-state index contributed by atoms with van der Waals surface area (Å²) < 4.78 is 0. The SMILES string of the molecule is CCCN(Cc1nc2c(N3CCN(C)CC3)cccc2[nH]1)C1CCCc2cccnc21. The third kappa shape index (κ3) is 4.19. The molecule has 1 atom stereocenters. The normalized spacial score (nSPS) is 19.8. The third-order valence-electron chi connectivity index (χ3n) is 6.85. The second-order valence-electron chi connectivity index (χ2n) is 9.07. The number of imidazole rings is 1. The van der Waals surface area contributed by atoms with Crippen LogP contribution >= 0.6 is 0 Å². The molecule has 6 nitrogen and oxygen atoms in total. The molecule has 1 fully saturated rings. The standard InChI is InChI=1S/C25H34N6/c1-3-13-31(21-10-4-7-19-8-6-12-26-24(19)21)18-23-27-20-9-5-11-22(25(20)28-23)30-16-14-29(2)15-17-30/h5-6,8-9,11-12,21H,3-4,7,10,13-18H2,1-2H3,(H,27,28). The van der Waals surface area contributed by atoms with Crippen LogP contribution < -0.4 is 4.90 Å². The van der Waals surface area contributed by atoms with Crippen LogP contribution in [0.3, 0.4) is 0 Å². The summed E-state index contributed by atoms with van der Waals surface area (Å²) in [7, 11) is 2.20. The Hall–Kier alpha value is -2.44. The van der Waals surface area contributed by atoms with Gasteiger partial charge in [0.2, 0.25) is 0 Å². The number of likely N-dealkylation sites (N-methyl/N-ethyl adjacent to an activating group) is 1. The van der Waals surface area contributed by atoms with E-state index in [1.807, 2.05) is 6.20 Å². The van der Waals surface area contributed by atoms with Gasteiger partial charge in [-0.2, -0.15) is 0 Å². The number of para-hydroxylation sites is 1. The summed E-state index contributed by atoms with van der Waals surface area (Å²) in [6, 6.07) is 11.3. The van der Waals surface area contributed by atoms with Gasteiger partial charge in [-0.3, -0.25) is 9.88 Å². The van der Waals surface area contributed by atoms with Crippen molar-refractivity contribution in [3.05, 3.63) is 53.6 Å². The van der Waals surface area contributed by atoms with Crippen LogP contribution in [0.25, 0.3) is 11.0 Å². The number of aromatic amines is 1. The molecule has 2 aliphatic rings. The Balaban J connectivity index is 1.42. The lowest BCUT2D eigenvalue weighted by molar-refractivity contribution is 0.162. The van der Waals surface area contributed by atoms with E-state index in [9.17, 15) is 0 Å². The van der Waals surface area contributed by atoms with Gasteiger partial charge in [-0.05, 0) is 63.0 Å². The maximum atomic E-state index is 5.11. The van der Waals surface area contributed by atoms with Crippen molar-refractivity contribution in [3.8, 4) is 0 Å². The largest absolute Gasteiger partial charge is 0.367 e. The van der Waals surface area contributed by atoms with Crippen LogP contribution in [0.5, 0.6) is 0 Å². The number of H-pyrrole nitrogens is 1. The zero-order valence-corrected chi connectivity index (χ0v) is 18.8. The van der Waals surface area contributed by atoms with Gasteiger partial charge in [0.25, 0.3) is 0 Å². The minimum atomic E-state index is 0.384. The number of hydrogen-bond acceptors (Lipinski definition) is 5. The summed E-state index contributed by atoms with van der Waals surface area (Å²) in [6.07, 6.45) is 6.64. The van der Waals surface area contributed by atoms with Gasteiger partial charge >= 0.3 is 0 Å². The first kappa shape index (κ1) is 20.5. The lowest BCUT2D eigenvalue weighted by Crippen LogP contribution is -2.44. The van der Waals surface area contributed by atoms with E-state index < -0.39 is 0 Å². The fourth-order valence-electron chi connectivity index (χ4n) is 5.21. The second-order valence-corrected chi connectivity index (χ2v) is 9.07. The van der Waals surface area contributed by atoms with Crippen LogP contribution in [-0.2, 0) is 13.0 Å². The van der Waals surface area contributed by atoms with Crippen molar-refractivity contribution in [1.29, 1.82) is 0 Å². The number of hydrogen-bond donors (Lipinski definition) is 1. The molecule has 0 radical (unpaired) electrons. The number of piperazine rings is 1. The number of aryl methyl sites for hydroxylation is 1. The molecule has 1 aromatic carbocycles. The zero-order valence-electron chi connectivity index (χ0n) is 18.8. The summed E-state index contributed by atoms with van der Waals surface area (Å²) in [5, 5.41) is 0. The minimum absolute atomic E-state index is 0.384. The van der Waals surface area contributed by atoms with Crippen molar-refractivity contribution in [1.82, 2.24) is 24.8 Å². The number of anilines is 1. The average molecular weight is 419 g/mol. The molecule has 31 heavy (non-hydrogen) atoms. The Morgan fingerprint density at radius 3 is 2.84 bits per heavy atom. The van der Waals surface area contributed by atoms with Crippen molar-refractivity contribution in [2.75, 3.05) is 44.7 Å². The minimum Gasteiger partial charge on any atom is -0.367 e. The van der Waals surface area contributed by atoms with E-state index in [0.29, 0.717) is 6.04 Å². The van der Waals surface area contributed by atoms with Gasteiger partial charge in [0, 0.05) is 32.4 Å². The molecule has 1 aliphatic carbocycles. The quantitative estimate of drug-likeness (QED) is 0.656. The van der Waals surface area contributed by atoms with Crippen molar-refractivity contribution in [2.45, 2.75) is 45.2 Å². The van der Waals surface area contributed by atoms with Gasteiger partial charge < -0.3 is 14.8 Å². The number of pyridine rings is 1. The van der Waals surface area contributed by atoms with Gasteiger partial charge in [-0.15, -0.1) is 0 Å². The van der Waals surface area contributed by atoms with E-state index in [0.717, 1.165) is 69.0 Å². The van der Waals surface area contributed by atoms with Crippen LogP contribution in [-0.4, -0.2) is 64.5 Å². The molecule has 3 heterocycles. The molecule has 1 saturated heterocycles. The van der Waals surface area contributed by atoms with Crippen molar-refractivity contribution >= 4 is 16.7 Å². The monoisotopic (exact) mass is 418 g/mol. The van der Waals surface area contributed by atoms with Gasteiger partial charge in [0.1, 0.15) is 11.3 Å². The third-order valence-corrected chi connectivity index (χ3v) is 6.85. The number of rotatable bonds is 6. The molecule has 6 heteroatoms. The van der Waals surface area contributed by atoms with Crippen LogP contribution in [0.4, 0.5) is 5.69 Å². The van der Waals surface area contributed by atoms with E-state index in [-0.39, 0.29) is 0 Å². The Morgan fingerprint density at radius 1 is 1.13 bits per heavy atom. The highest BCUT2D eigenvalue weighted by Gasteiger charge is 2.27. The smallest absolute Gasteiger partial charge is 0.121 e. The van der Waals surface area contributed by atoms with Crippen LogP contribution in [0.2, 0.25) is 0 Å². The molecule has 0 amide bonds. The Morgan fingerprint density at radius 2 is 2.00 bits per heavy atom. The maximum absolute atomic E-state index is 5.11. The van der Waals surface area contributed by atoms with E-state index in [1.165, 1.54) is 29.8 Å². The lowest BCUT2D eigenvalue weighted by atomic mass is 9.90. The van der Waals surface area contributed by atoms with E-state index >= 15 is 0 Å². The molecule has 5 rings (SSSR count). The molecule has 1 N–H and O–H groups in total. The molecule has 1 unspecified atom stereocenters. The highest BCUT2D eigenvalue weighted by molar-refractivity contribution is 5.89. The first-order valence-corrected chi connectivity index (χ1v) is 11.8. The van der Waals surface area contributed by atoms with Gasteiger partial charge in [0.15, 0.2) is 0 Å². The molecule has 3 aromatic rings. The van der Waals surface area contributed by atoms with E-state index in [2.05, 4.69) is 64.0 Å². The summed E-state index contributed by atoms with van der Waals surface area (Å²) in [5.74, 6) is 1.06. The van der Waals surface area contributed by atoms with Crippen LogP contribution in [0.1, 0.15) is 49.3 Å².